The van der Waals surface area contributed by atoms with E-state index in [4.69, 9.17) is 41.6 Å². The highest BCUT2D eigenvalue weighted by Gasteiger charge is 2.06. The molecule has 0 amide bonds. The third-order valence-electron chi connectivity index (χ3n) is 2.00. The van der Waals surface area contributed by atoms with E-state index in [9.17, 15) is 5.11 Å². The molecule has 0 unspecified atom stereocenters. The van der Waals surface area contributed by atoms with Crippen molar-refractivity contribution in [2.45, 2.75) is 0 Å². The molecule has 1 rings (SSSR count). The fraction of sp³-hybridized carbons (Fsp3) is 0. The number of rotatable bonds is 2. The zero-order valence-electron chi connectivity index (χ0n) is 9.35. The Balaban J connectivity index is 3.29. The van der Waals surface area contributed by atoms with Crippen LogP contribution in [-0.2, 0) is 0 Å². The van der Waals surface area contributed by atoms with Crippen LogP contribution >= 0.6 is 23.2 Å². The Hall–Kier alpha value is -2.45. The molecule has 92 valence electrons. The largest absolute Gasteiger partial charge is 0.505 e. The van der Waals surface area contributed by atoms with Gasteiger partial charge in [0.15, 0.2) is 11.4 Å². The minimum atomic E-state index is -0.237. The van der Waals surface area contributed by atoms with Crippen molar-refractivity contribution in [2.75, 3.05) is 0 Å². The maximum Gasteiger partial charge on any atom is 0.251 e. The molecule has 0 aromatic heterocycles. The number of halogens is 2. The van der Waals surface area contributed by atoms with Gasteiger partial charge in [0.25, 0.3) is 5.70 Å². The van der Waals surface area contributed by atoms with Crippen molar-refractivity contribution in [3.8, 4) is 11.8 Å². The number of hydrogen-bond donors (Lipinski definition) is 1. The summed E-state index contributed by atoms with van der Waals surface area (Å²) in [4.78, 5) is 6.15. The van der Waals surface area contributed by atoms with Crippen LogP contribution in [0.5, 0.6) is 5.75 Å². The highest BCUT2D eigenvalue weighted by molar-refractivity contribution is 6.37. The van der Waals surface area contributed by atoms with Crippen molar-refractivity contribution in [3.63, 3.8) is 0 Å². The lowest BCUT2D eigenvalue weighted by Gasteiger charge is -2.02. The van der Waals surface area contributed by atoms with E-state index in [1.165, 1.54) is 18.2 Å². The van der Waals surface area contributed by atoms with Crippen molar-refractivity contribution in [1.82, 2.24) is 0 Å². The number of benzene rings is 1. The van der Waals surface area contributed by atoms with Crippen molar-refractivity contribution in [1.29, 1.82) is 5.26 Å². The first-order valence-corrected chi connectivity index (χ1v) is 5.53. The summed E-state index contributed by atoms with van der Waals surface area (Å²) in [5.74, 6) is -0.237. The Morgan fingerprint density at radius 1 is 1.26 bits per heavy atom. The van der Waals surface area contributed by atoms with E-state index in [1.807, 2.05) is 0 Å². The molecule has 19 heavy (non-hydrogen) atoms. The molecule has 0 saturated heterocycles. The monoisotopic (exact) mass is 289 g/mol. The molecule has 0 aliphatic carbocycles. The molecular formula is C13H5Cl2N3O. The van der Waals surface area contributed by atoms with Crippen molar-refractivity contribution < 1.29 is 5.11 Å². The molecule has 0 aliphatic rings. The van der Waals surface area contributed by atoms with Gasteiger partial charge in [-0.3, -0.25) is 0 Å². The number of nitrogens with zero attached hydrogens (tertiary/aromatic N) is 3. The molecule has 0 fully saturated rings. The van der Waals surface area contributed by atoms with Crippen LogP contribution < -0.4 is 0 Å². The molecule has 1 aromatic rings. The predicted molar refractivity (Wildman–Crippen MR) is 73.0 cm³/mol. The summed E-state index contributed by atoms with van der Waals surface area (Å²) in [6.45, 7) is 13.7. The van der Waals surface area contributed by atoms with Gasteiger partial charge in [-0.15, -0.1) is 0 Å². The Bertz CT molecular complexity index is 661. The predicted octanol–water partition coefficient (Wildman–Crippen LogP) is 4.29. The minimum Gasteiger partial charge on any atom is -0.505 e. The van der Waals surface area contributed by atoms with Crippen LogP contribution in [0.1, 0.15) is 5.56 Å². The second kappa shape index (κ2) is 6.47. The van der Waals surface area contributed by atoms with E-state index in [0.717, 1.165) is 6.08 Å². The fourth-order valence-electron chi connectivity index (χ4n) is 1.18. The molecule has 1 aromatic carbocycles. The topological polar surface area (TPSA) is 52.7 Å². The van der Waals surface area contributed by atoms with Gasteiger partial charge in [0, 0.05) is 0 Å². The third kappa shape index (κ3) is 3.76. The Morgan fingerprint density at radius 3 is 2.26 bits per heavy atom. The zero-order chi connectivity index (χ0) is 14.4. The molecule has 0 bridgehead atoms. The second-order valence-corrected chi connectivity index (χ2v) is 4.08. The normalized spacial score (nSPS) is 11.3. The highest BCUT2D eigenvalue weighted by atomic mass is 35.5. The van der Waals surface area contributed by atoms with Crippen LogP contribution in [0.2, 0.25) is 10.0 Å². The average molecular weight is 290 g/mol. The Labute approximate surface area is 120 Å². The van der Waals surface area contributed by atoms with Crippen LogP contribution in [0.4, 0.5) is 0 Å². The van der Waals surface area contributed by atoms with Crippen LogP contribution in [0.25, 0.3) is 15.8 Å². The average Bonchev–Trinajstić information content (AvgIpc) is 2.40. The first-order valence-electron chi connectivity index (χ1n) is 4.78. The van der Waals surface area contributed by atoms with Crippen LogP contribution in [0.3, 0.4) is 0 Å². The molecule has 0 atom stereocenters. The van der Waals surface area contributed by atoms with Gasteiger partial charge in [-0.25, -0.2) is 15.0 Å². The zero-order valence-corrected chi connectivity index (χ0v) is 10.9. The van der Waals surface area contributed by atoms with Gasteiger partial charge in [-0.2, -0.15) is 0 Å². The standard InChI is InChI=1S/C13H5Cl2N3O/c1-17-9(6-10(7-16)18-2)3-8-4-11(14)13(19)12(15)5-8/h3-6,19H. The first-order chi connectivity index (χ1) is 9.01. The number of phenols is 1. The summed E-state index contributed by atoms with van der Waals surface area (Å²) in [6, 6.07) is 4.51. The number of nitriles is 1. The summed E-state index contributed by atoms with van der Waals surface area (Å²) in [5, 5.41) is 18.1. The van der Waals surface area contributed by atoms with E-state index in [-0.39, 0.29) is 27.2 Å². The number of allylic oxidation sites excluding steroid dienone is 2. The fourth-order valence-corrected chi connectivity index (χ4v) is 1.68. The van der Waals surface area contributed by atoms with E-state index in [0.29, 0.717) is 5.56 Å². The molecule has 0 aliphatic heterocycles. The molecule has 4 nitrogen and oxygen atoms in total. The maximum absolute atomic E-state index is 9.40. The molecule has 6 heteroatoms. The molecule has 0 heterocycles. The molecular weight excluding hydrogens is 285 g/mol. The van der Waals surface area contributed by atoms with Crippen molar-refractivity contribution >= 4 is 29.3 Å². The Morgan fingerprint density at radius 2 is 1.84 bits per heavy atom. The molecule has 0 spiro atoms. The summed E-state index contributed by atoms with van der Waals surface area (Å²) < 4.78 is 0. The number of hydrogen-bond acceptors (Lipinski definition) is 2. The quantitative estimate of drug-likeness (QED) is 0.502. The smallest absolute Gasteiger partial charge is 0.251 e. The second-order valence-electron chi connectivity index (χ2n) is 3.27. The van der Waals surface area contributed by atoms with Gasteiger partial charge in [-0.05, 0) is 23.8 Å². The summed E-state index contributed by atoms with van der Waals surface area (Å²) in [7, 11) is 0. The number of phenolic OH excluding ortho intramolecular Hbond substituents is 1. The third-order valence-corrected chi connectivity index (χ3v) is 2.58. The van der Waals surface area contributed by atoms with Crippen LogP contribution in [-0.4, -0.2) is 5.11 Å². The molecule has 0 saturated carbocycles. The highest BCUT2D eigenvalue weighted by Crippen LogP contribution is 2.33. The Kier molecular flexibility index (Phi) is 4.98. The van der Waals surface area contributed by atoms with E-state index < -0.39 is 0 Å². The van der Waals surface area contributed by atoms with Gasteiger partial charge in [0.1, 0.15) is 0 Å². The maximum atomic E-state index is 9.40. The van der Waals surface area contributed by atoms with Gasteiger partial charge in [-0.1, -0.05) is 29.3 Å². The van der Waals surface area contributed by atoms with E-state index in [2.05, 4.69) is 9.69 Å². The van der Waals surface area contributed by atoms with Gasteiger partial charge >= 0.3 is 0 Å². The SMILES string of the molecule is [C-]#[N+]C(C#N)=CC(=Cc1cc(Cl)c(O)c(Cl)c1)[N+]#[C-]. The lowest BCUT2D eigenvalue weighted by molar-refractivity contribution is 0.476. The summed E-state index contributed by atoms with van der Waals surface area (Å²) in [6.07, 6.45) is 2.57. The van der Waals surface area contributed by atoms with Crippen molar-refractivity contribution in [3.05, 3.63) is 68.0 Å². The van der Waals surface area contributed by atoms with Crippen molar-refractivity contribution in [2.24, 2.45) is 0 Å². The number of aromatic hydroxyl groups is 1. The van der Waals surface area contributed by atoms with Crippen LogP contribution in [0, 0.1) is 24.5 Å². The van der Waals surface area contributed by atoms with E-state index in [1.54, 1.807) is 6.07 Å². The van der Waals surface area contributed by atoms with E-state index >= 15 is 0 Å². The van der Waals surface area contributed by atoms with Gasteiger partial charge in [0.05, 0.1) is 29.3 Å². The summed E-state index contributed by atoms with van der Waals surface area (Å²) >= 11 is 11.5. The first kappa shape index (κ1) is 14.6. The van der Waals surface area contributed by atoms with Gasteiger partial charge in [0.2, 0.25) is 0 Å². The molecule has 0 radical (unpaired) electrons. The minimum absolute atomic E-state index is 0.0535. The lowest BCUT2D eigenvalue weighted by atomic mass is 10.1. The summed E-state index contributed by atoms with van der Waals surface area (Å²) in [5.41, 5.74) is 0.376. The lowest BCUT2D eigenvalue weighted by Crippen LogP contribution is -1.79. The van der Waals surface area contributed by atoms with Gasteiger partial charge < -0.3 is 5.11 Å². The molecule has 1 N–H and O–H groups in total. The van der Waals surface area contributed by atoms with Crippen LogP contribution in [0.15, 0.2) is 29.6 Å².